The van der Waals surface area contributed by atoms with Gasteiger partial charge < -0.3 is 10.6 Å². The van der Waals surface area contributed by atoms with Crippen molar-refractivity contribution in [2.45, 2.75) is 52.2 Å². The van der Waals surface area contributed by atoms with Gasteiger partial charge in [0.1, 0.15) is 5.01 Å². The summed E-state index contributed by atoms with van der Waals surface area (Å²) in [4.78, 5) is 12.7. The number of benzene rings is 1. The summed E-state index contributed by atoms with van der Waals surface area (Å²) in [6, 6.07) is 9.17. The van der Waals surface area contributed by atoms with E-state index in [4.69, 9.17) is 0 Å². The Balaban J connectivity index is 0.00000280. The molecule has 7 heteroatoms. The maximum atomic E-state index is 4.46. The minimum atomic E-state index is 0. The first-order chi connectivity index (χ1) is 13.2. The lowest BCUT2D eigenvalue weighted by molar-refractivity contribution is 0.198. The zero-order chi connectivity index (χ0) is 19.1. The van der Waals surface area contributed by atoms with Gasteiger partial charge in [0, 0.05) is 43.8 Å². The Labute approximate surface area is 190 Å². The number of halogens is 1. The second kappa shape index (κ2) is 11.7. The number of aryl methyl sites for hydroxylation is 2. The molecule has 1 saturated heterocycles. The fourth-order valence-corrected chi connectivity index (χ4v) is 4.21. The van der Waals surface area contributed by atoms with E-state index in [-0.39, 0.29) is 24.0 Å². The Morgan fingerprint density at radius 3 is 2.68 bits per heavy atom. The molecule has 2 aromatic rings. The SMILES string of the molecule is CCc1cnc(CNC(=NC)NC2CCN(Cc3ccccc3C)CC2)s1.I. The fourth-order valence-electron chi connectivity index (χ4n) is 3.40. The smallest absolute Gasteiger partial charge is 0.191 e. The normalized spacial score (nSPS) is 15.9. The monoisotopic (exact) mass is 513 g/mol. The molecule has 154 valence electrons. The largest absolute Gasteiger partial charge is 0.354 e. The van der Waals surface area contributed by atoms with Crippen molar-refractivity contribution in [2.75, 3.05) is 20.1 Å². The first kappa shape index (κ1) is 23.1. The molecule has 0 atom stereocenters. The molecule has 1 aliphatic rings. The first-order valence-electron chi connectivity index (χ1n) is 9.85. The molecule has 2 heterocycles. The zero-order valence-corrected chi connectivity index (χ0v) is 20.2. The lowest BCUT2D eigenvalue weighted by Crippen LogP contribution is -2.48. The van der Waals surface area contributed by atoms with E-state index in [1.807, 2.05) is 13.2 Å². The summed E-state index contributed by atoms with van der Waals surface area (Å²) in [6.45, 7) is 8.39. The van der Waals surface area contributed by atoms with Crippen molar-refractivity contribution in [3.05, 3.63) is 51.5 Å². The Hall–Kier alpha value is -1.19. The topological polar surface area (TPSA) is 52.6 Å². The van der Waals surface area contributed by atoms with Crippen molar-refractivity contribution >= 4 is 41.3 Å². The second-order valence-electron chi connectivity index (χ2n) is 7.12. The van der Waals surface area contributed by atoms with Crippen LogP contribution in [0.4, 0.5) is 0 Å². The number of likely N-dealkylation sites (tertiary alicyclic amines) is 1. The number of nitrogens with one attached hydrogen (secondary N) is 2. The molecule has 1 fully saturated rings. The number of aromatic nitrogens is 1. The van der Waals surface area contributed by atoms with E-state index in [2.05, 4.69) is 63.6 Å². The fraction of sp³-hybridized carbons (Fsp3) is 0.524. The molecule has 5 nitrogen and oxygen atoms in total. The highest BCUT2D eigenvalue weighted by molar-refractivity contribution is 14.0. The van der Waals surface area contributed by atoms with E-state index in [1.54, 1.807) is 11.3 Å². The number of rotatable bonds is 6. The van der Waals surface area contributed by atoms with Crippen molar-refractivity contribution in [3.8, 4) is 0 Å². The van der Waals surface area contributed by atoms with Crippen molar-refractivity contribution in [3.63, 3.8) is 0 Å². The molecule has 0 radical (unpaired) electrons. The minimum Gasteiger partial charge on any atom is -0.354 e. The predicted molar refractivity (Wildman–Crippen MR) is 130 cm³/mol. The number of piperidine rings is 1. The summed E-state index contributed by atoms with van der Waals surface area (Å²) in [7, 11) is 1.84. The summed E-state index contributed by atoms with van der Waals surface area (Å²) in [5.41, 5.74) is 2.83. The van der Waals surface area contributed by atoms with E-state index in [0.29, 0.717) is 6.04 Å². The summed E-state index contributed by atoms with van der Waals surface area (Å²) < 4.78 is 0. The van der Waals surface area contributed by atoms with Gasteiger partial charge in [-0.05, 0) is 37.3 Å². The molecule has 0 amide bonds. The summed E-state index contributed by atoms with van der Waals surface area (Å²) >= 11 is 1.77. The molecule has 0 unspecified atom stereocenters. The van der Waals surface area contributed by atoms with Gasteiger partial charge in [-0.3, -0.25) is 9.89 Å². The highest BCUT2D eigenvalue weighted by Crippen LogP contribution is 2.16. The summed E-state index contributed by atoms with van der Waals surface area (Å²) in [5.74, 6) is 0.876. The van der Waals surface area contributed by atoms with Crippen LogP contribution >= 0.6 is 35.3 Å². The standard InChI is InChI=1S/C21H31N5S.HI/c1-4-19-13-23-20(27-19)14-24-21(22-3)25-18-9-11-26(12-10-18)15-17-8-6-5-7-16(17)2;/h5-8,13,18H,4,9-12,14-15H2,1-3H3,(H2,22,24,25);1H. The van der Waals surface area contributed by atoms with Gasteiger partial charge in [0.05, 0.1) is 6.54 Å². The molecular weight excluding hydrogens is 481 g/mol. The van der Waals surface area contributed by atoms with Gasteiger partial charge in [-0.2, -0.15) is 0 Å². The Kier molecular flexibility index (Phi) is 9.67. The van der Waals surface area contributed by atoms with Crippen LogP contribution in [0.3, 0.4) is 0 Å². The van der Waals surface area contributed by atoms with Crippen molar-refractivity contribution in [1.82, 2.24) is 20.5 Å². The third-order valence-corrected chi connectivity index (χ3v) is 6.31. The third-order valence-electron chi connectivity index (χ3n) is 5.16. The van der Waals surface area contributed by atoms with Crippen LogP contribution in [0.15, 0.2) is 35.5 Å². The molecule has 1 aliphatic heterocycles. The highest BCUT2D eigenvalue weighted by atomic mass is 127. The minimum absolute atomic E-state index is 0. The van der Waals surface area contributed by atoms with Crippen LogP contribution in [-0.2, 0) is 19.5 Å². The third kappa shape index (κ3) is 6.70. The predicted octanol–water partition coefficient (Wildman–Crippen LogP) is 3.96. The average molecular weight is 513 g/mol. The van der Waals surface area contributed by atoms with Crippen LogP contribution in [-0.4, -0.2) is 42.0 Å². The van der Waals surface area contributed by atoms with Crippen LogP contribution < -0.4 is 10.6 Å². The molecule has 2 N–H and O–H groups in total. The number of guanidine groups is 1. The van der Waals surface area contributed by atoms with Crippen LogP contribution in [0.5, 0.6) is 0 Å². The van der Waals surface area contributed by atoms with E-state index >= 15 is 0 Å². The quantitative estimate of drug-likeness (QED) is 0.349. The van der Waals surface area contributed by atoms with E-state index in [1.165, 1.54) is 16.0 Å². The Morgan fingerprint density at radius 1 is 1.29 bits per heavy atom. The molecule has 1 aromatic carbocycles. The molecule has 1 aromatic heterocycles. The van der Waals surface area contributed by atoms with E-state index < -0.39 is 0 Å². The molecule has 0 saturated carbocycles. The van der Waals surface area contributed by atoms with Gasteiger partial charge >= 0.3 is 0 Å². The number of thiazole rings is 1. The number of aliphatic imine (C=N–C) groups is 1. The molecule has 28 heavy (non-hydrogen) atoms. The van der Waals surface area contributed by atoms with Crippen molar-refractivity contribution in [1.29, 1.82) is 0 Å². The molecular formula is C21H32IN5S. The Morgan fingerprint density at radius 2 is 2.04 bits per heavy atom. The molecule has 0 spiro atoms. The van der Waals surface area contributed by atoms with Gasteiger partial charge in [0.25, 0.3) is 0 Å². The number of nitrogens with zero attached hydrogens (tertiary/aromatic N) is 3. The first-order valence-corrected chi connectivity index (χ1v) is 10.7. The second-order valence-corrected chi connectivity index (χ2v) is 8.32. The van der Waals surface area contributed by atoms with Crippen LogP contribution in [0.2, 0.25) is 0 Å². The van der Waals surface area contributed by atoms with E-state index in [0.717, 1.165) is 56.4 Å². The number of hydrogen-bond acceptors (Lipinski definition) is 4. The Bertz CT molecular complexity index is 753. The lowest BCUT2D eigenvalue weighted by atomic mass is 10.0. The van der Waals surface area contributed by atoms with E-state index in [9.17, 15) is 0 Å². The van der Waals surface area contributed by atoms with Gasteiger partial charge in [0.15, 0.2) is 5.96 Å². The summed E-state index contributed by atoms with van der Waals surface area (Å²) in [5, 5.41) is 8.10. The number of hydrogen-bond donors (Lipinski definition) is 2. The van der Waals surface area contributed by atoms with Gasteiger partial charge in [-0.25, -0.2) is 4.98 Å². The highest BCUT2D eigenvalue weighted by Gasteiger charge is 2.20. The van der Waals surface area contributed by atoms with Crippen molar-refractivity contribution in [2.24, 2.45) is 4.99 Å². The summed E-state index contributed by atoms with van der Waals surface area (Å²) in [6.07, 6.45) is 5.31. The van der Waals surface area contributed by atoms with Crippen LogP contribution in [0.1, 0.15) is 40.8 Å². The maximum Gasteiger partial charge on any atom is 0.191 e. The molecule has 0 bridgehead atoms. The average Bonchev–Trinajstić information content (AvgIpc) is 3.16. The van der Waals surface area contributed by atoms with Gasteiger partial charge in [-0.15, -0.1) is 35.3 Å². The van der Waals surface area contributed by atoms with Crippen molar-refractivity contribution < 1.29 is 0 Å². The lowest BCUT2D eigenvalue weighted by Gasteiger charge is -2.33. The zero-order valence-electron chi connectivity index (χ0n) is 17.1. The molecule has 0 aliphatic carbocycles. The maximum absolute atomic E-state index is 4.46. The van der Waals surface area contributed by atoms with Crippen LogP contribution in [0, 0.1) is 6.92 Å². The molecule has 3 rings (SSSR count). The van der Waals surface area contributed by atoms with Crippen LogP contribution in [0.25, 0.3) is 0 Å². The van der Waals surface area contributed by atoms with Gasteiger partial charge in [-0.1, -0.05) is 31.2 Å². The van der Waals surface area contributed by atoms with Gasteiger partial charge in [0.2, 0.25) is 0 Å².